The van der Waals surface area contributed by atoms with Gasteiger partial charge in [-0.2, -0.15) is 0 Å². The van der Waals surface area contributed by atoms with Crippen LogP contribution in [0.1, 0.15) is 19.3 Å². The molecule has 0 saturated carbocycles. The SMILES string of the molecule is CB(O)NCCCCC(NB(C)O)C(=O)NOOS. The van der Waals surface area contributed by atoms with Gasteiger partial charge in [-0.1, -0.05) is 11.4 Å². The standard InChI is InChI=1S/C8H21B2N3O5S/c1-9(15)11-6-4-3-5-7(12-10(2)16)8(14)13-17-18-19/h7,11-12,15-16,19H,3-6H2,1-2H3,(H,13,14). The van der Waals surface area contributed by atoms with E-state index in [0.717, 1.165) is 12.8 Å². The zero-order valence-corrected chi connectivity index (χ0v) is 12.0. The Bertz CT molecular complexity index is 250. The van der Waals surface area contributed by atoms with E-state index in [-0.39, 0.29) is 0 Å². The number of hydrogen-bond donors (Lipinski definition) is 6. The van der Waals surface area contributed by atoms with E-state index >= 15 is 0 Å². The van der Waals surface area contributed by atoms with Crippen LogP contribution in [-0.4, -0.2) is 42.6 Å². The van der Waals surface area contributed by atoms with Gasteiger partial charge >= 0.3 is 14.1 Å². The monoisotopic (exact) mass is 293 g/mol. The second-order valence-electron chi connectivity index (χ2n) is 4.15. The zero-order valence-electron chi connectivity index (χ0n) is 11.1. The average Bonchev–Trinajstić information content (AvgIpc) is 2.33. The van der Waals surface area contributed by atoms with Gasteiger partial charge in [0.1, 0.15) is 0 Å². The smallest absolute Gasteiger partial charge is 0.374 e. The summed E-state index contributed by atoms with van der Waals surface area (Å²) in [6.07, 6.45) is 2.04. The Morgan fingerprint density at radius 2 is 2.00 bits per heavy atom. The van der Waals surface area contributed by atoms with Crippen LogP contribution < -0.4 is 15.9 Å². The summed E-state index contributed by atoms with van der Waals surface area (Å²) in [6, 6.07) is -0.602. The summed E-state index contributed by atoms with van der Waals surface area (Å²) in [5.41, 5.74) is 2.03. The predicted molar refractivity (Wildman–Crippen MR) is 75.7 cm³/mol. The Hall–Kier alpha value is -0.290. The van der Waals surface area contributed by atoms with Gasteiger partial charge in [0.05, 0.1) is 6.04 Å². The minimum atomic E-state index is -0.816. The molecule has 1 atom stereocenters. The molecule has 1 amide bonds. The molecule has 0 fully saturated rings. The van der Waals surface area contributed by atoms with Crippen molar-refractivity contribution in [3.05, 3.63) is 0 Å². The van der Waals surface area contributed by atoms with E-state index in [1.54, 1.807) is 6.82 Å². The molecule has 0 aliphatic carbocycles. The van der Waals surface area contributed by atoms with Gasteiger partial charge in [0.2, 0.25) is 0 Å². The molecule has 0 aromatic rings. The average molecular weight is 293 g/mol. The minimum Gasteiger partial charge on any atom is -0.437 e. The summed E-state index contributed by atoms with van der Waals surface area (Å²) in [7, 11) is -1.36. The molecule has 0 saturated heterocycles. The molecule has 0 bridgehead atoms. The molecule has 0 rings (SSSR count). The van der Waals surface area contributed by atoms with Gasteiger partial charge in [0.25, 0.3) is 5.91 Å². The zero-order chi connectivity index (χ0) is 14.7. The van der Waals surface area contributed by atoms with Crippen LogP contribution in [0.25, 0.3) is 0 Å². The van der Waals surface area contributed by atoms with Crippen molar-refractivity contribution in [1.29, 1.82) is 0 Å². The predicted octanol–water partition coefficient (Wildman–Crippen LogP) is -1.25. The number of hydrogen-bond acceptors (Lipinski definition) is 8. The normalized spacial score (nSPS) is 12.1. The lowest BCUT2D eigenvalue weighted by Gasteiger charge is -2.17. The number of amides is 1. The highest BCUT2D eigenvalue weighted by Gasteiger charge is 2.21. The van der Waals surface area contributed by atoms with E-state index in [1.165, 1.54) is 6.82 Å². The number of thiol groups is 1. The number of carbonyl (C=O) groups is 1. The van der Waals surface area contributed by atoms with Crippen molar-refractivity contribution in [2.75, 3.05) is 6.54 Å². The van der Waals surface area contributed by atoms with Crippen molar-refractivity contribution < 1.29 is 24.2 Å². The Labute approximate surface area is 119 Å². The Morgan fingerprint density at radius 1 is 1.32 bits per heavy atom. The second-order valence-corrected chi connectivity index (χ2v) is 4.29. The van der Waals surface area contributed by atoms with Gasteiger partial charge in [-0.15, -0.1) is 4.33 Å². The summed E-state index contributed by atoms with van der Waals surface area (Å²) in [5.74, 6) is -0.460. The quantitative estimate of drug-likeness (QED) is 0.0705. The van der Waals surface area contributed by atoms with Gasteiger partial charge < -0.3 is 20.5 Å². The molecule has 8 nitrogen and oxygen atoms in total. The van der Waals surface area contributed by atoms with Crippen LogP contribution >= 0.6 is 12.9 Å². The van der Waals surface area contributed by atoms with Crippen LogP contribution in [0.15, 0.2) is 0 Å². The van der Waals surface area contributed by atoms with Crippen molar-refractivity contribution in [3.8, 4) is 0 Å². The Kier molecular flexibility index (Phi) is 11.4. The first-order valence-corrected chi connectivity index (χ1v) is 6.46. The topological polar surface area (TPSA) is 112 Å². The molecule has 0 radical (unpaired) electrons. The fraction of sp³-hybridized carbons (Fsp3) is 0.875. The highest BCUT2D eigenvalue weighted by Crippen LogP contribution is 2.02. The van der Waals surface area contributed by atoms with Crippen LogP contribution in [-0.2, 0) is 14.1 Å². The number of nitrogens with one attached hydrogen (secondary N) is 3. The first kappa shape index (κ1) is 18.7. The molecular formula is C8H21B2N3O5S. The number of rotatable bonds is 11. The molecule has 0 aromatic carbocycles. The summed E-state index contributed by atoms with van der Waals surface area (Å²) in [4.78, 5) is 15.8. The maximum Gasteiger partial charge on any atom is 0.374 e. The Morgan fingerprint density at radius 3 is 2.53 bits per heavy atom. The highest BCUT2D eigenvalue weighted by atomic mass is 32.1. The number of unbranched alkanes of at least 4 members (excludes halogenated alkanes) is 1. The molecule has 0 aromatic heterocycles. The largest absolute Gasteiger partial charge is 0.437 e. The lowest BCUT2D eigenvalue weighted by Crippen LogP contribution is -2.49. The van der Waals surface area contributed by atoms with Gasteiger partial charge in [0, 0.05) is 12.9 Å². The molecular weight excluding hydrogens is 272 g/mol. The molecule has 0 aliphatic heterocycles. The van der Waals surface area contributed by atoms with E-state index in [2.05, 4.69) is 32.7 Å². The fourth-order valence-corrected chi connectivity index (χ4v) is 1.53. The van der Waals surface area contributed by atoms with Crippen LogP contribution in [0.4, 0.5) is 0 Å². The van der Waals surface area contributed by atoms with Crippen LogP contribution in [0.3, 0.4) is 0 Å². The van der Waals surface area contributed by atoms with Gasteiger partial charge in [-0.25, -0.2) is 5.48 Å². The van der Waals surface area contributed by atoms with Crippen molar-refractivity contribution in [3.63, 3.8) is 0 Å². The lowest BCUT2D eigenvalue weighted by molar-refractivity contribution is -0.240. The second kappa shape index (κ2) is 11.5. The molecule has 19 heavy (non-hydrogen) atoms. The van der Waals surface area contributed by atoms with E-state index < -0.39 is 26.1 Å². The third kappa shape index (κ3) is 11.3. The van der Waals surface area contributed by atoms with E-state index in [4.69, 9.17) is 5.02 Å². The summed E-state index contributed by atoms with van der Waals surface area (Å²) >= 11 is 3.31. The van der Waals surface area contributed by atoms with Gasteiger partial charge in [-0.3, -0.25) is 4.79 Å². The maximum absolute atomic E-state index is 11.6. The summed E-state index contributed by atoms with van der Waals surface area (Å²) in [5, 5.41) is 23.8. The molecule has 0 aliphatic rings. The molecule has 110 valence electrons. The molecule has 1 unspecified atom stereocenters. The third-order valence-corrected chi connectivity index (χ3v) is 2.37. The van der Waals surface area contributed by atoms with Crippen LogP contribution in [0.2, 0.25) is 13.6 Å². The first-order valence-electron chi connectivity index (χ1n) is 6.10. The molecule has 5 N–H and O–H groups in total. The van der Waals surface area contributed by atoms with Crippen molar-refractivity contribution in [1.82, 2.24) is 15.9 Å². The third-order valence-electron chi connectivity index (χ3n) is 2.30. The van der Waals surface area contributed by atoms with Gasteiger partial charge in [-0.05, 0) is 33.0 Å². The highest BCUT2D eigenvalue weighted by molar-refractivity contribution is 7.74. The van der Waals surface area contributed by atoms with Gasteiger partial charge in [0.15, 0.2) is 0 Å². The molecule has 11 heteroatoms. The number of carbonyl (C=O) groups excluding carboxylic acids is 1. The first-order chi connectivity index (χ1) is 8.97. The van der Waals surface area contributed by atoms with E-state index in [1.807, 2.05) is 5.48 Å². The van der Waals surface area contributed by atoms with Crippen LogP contribution in [0.5, 0.6) is 0 Å². The minimum absolute atomic E-state index is 0.460. The van der Waals surface area contributed by atoms with Crippen molar-refractivity contribution in [2.45, 2.75) is 39.0 Å². The lowest BCUT2D eigenvalue weighted by atomic mass is 9.86. The van der Waals surface area contributed by atoms with Crippen molar-refractivity contribution >= 4 is 32.9 Å². The number of hydroxylamine groups is 1. The van der Waals surface area contributed by atoms with E-state index in [0.29, 0.717) is 13.0 Å². The fourth-order valence-electron chi connectivity index (χ4n) is 1.50. The summed E-state index contributed by atoms with van der Waals surface area (Å²) < 4.78 is 3.97. The summed E-state index contributed by atoms with van der Waals surface area (Å²) in [6.45, 7) is 3.81. The van der Waals surface area contributed by atoms with E-state index in [9.17, 15) is 9.82 Å². The maximum atomic E-state index is 11.6. The molecule has 0 spiro atoms. The van der Waals surface area contributed by atoms with Crippen molar-refractivity contribution in [2.24, 2.45) is 0 Å². The Balaban J connectivity index is 3.95. The van der Waals surface area contributed by atoms with Crippen LogP contribution in [0, 0.1) is 0 Å². The molecule has 0 heterocycles.